The second-order valence-corrected chi connectivity index (χ2v) is 12.7. The van der Waals surface area contributed by atoms with E-state index < -0.39 is 32.6 Å². The van der Waals surface area contributed by atoms with Crippen LogP contribution in [0, 0.1) is 6.92 Å². The number of aryl methyl sites for hydroxylation is 1. The van der Waals surface area contributed by atoms with E-state index in [1.54, 1.807) is 47.0 Å². The minimum Gasteiger partial charge on any atom is -0.338 e. The van der Waals surface area contributed by atoms with E-state index in [9.17, 15) is 22.8 Å². The number of carbonyl (C=O) groups is 3. The van der Waals surface area contributed by atoms with Crippen molar-refractivity contribution in [2.45, 2.75) is 38.1 Å². The van der Waals surface area contributed by atoms with E-state index in [1.807, 2.05) is 5.01 Å². The number of anilines is 1. The molecule has 4 amide bonds. The number of aromatic nitrogens is 2. The van der Waals surface area contributed by atoms with Crippen molar-refractivity contribution in [3.63, 3.8) is 0 Å². The zero-order chi connectivity index (χ0) is 27.1. The van der Waals surface area contributed by atoms with Crippen molar-refractivity contribution in [1.82, 2.24) is 29.8 Å². The van der Waals surface area contributed by atoms with Crippen LogP contribution in [0.4, 0.5) is 15.3 Å². The van der Waals surface area contributed by atoms with E-state index >= 15 is 0 Å². The van der Waals surface area contributed by atoms with Crippen LogP contribution in [0.5, 0.6) is 0 Å². The minimum absolute atomic E-state index is 0.193. The lowest BCUT2D eigenvalue weighted by atomic mass is 10.0. The lowest BCUT2D eigenvalue weighted by Crippen LogP contribution is -2.64. The third-order valence-corrected chi connectivity index (χ3v) is 9.32. The lowest BCUT2D eigenvalue weighted by molar-refractivity contribution is -0.138. The summed E-state index contributed by atoms with van der Waals surface area (Å²) in [5.74, 6) is 0.102. The van der Waals surface area contributed by atoms with Crippen LogP contribution in [0.15, 0.2) is 30.5 Å². The molecule has 2 aliphatic heterocycles. The van der Waals surface area contributed by atoms with Gasteiger partial charge >= 0.3 is 12.1 Å². The van der Waals surface area contributed by atoms with Gasteiger partial charge in [0.25, 0.3) is 0 Å². The zero-order valence-electron chi connectivity index (χ0n) is 21.1. The Morgan fingerprint density at radius 2 is 1.73 bits per heavy atom. The number of nitrogens with one attached hydrogen (secondary N) is 2. The second-order valence-electron chi connectivity index (χ2n) is 9.67. The van der Waals surface area contributed by atoms with Crippen molar-refractivity contribution < 1.29 is 22.8 Å². The molecule has 0 saturated carbocycles. The Balaban J connectivity index is 1.45. The van der Waals surface area contributed by atoms with Gasteiger partial charge in [-0.2, -0.15) is 0 Å². The van der Waals surface area contributed by atoms with Gasteiger partial charge in [0.1, 0.15) is 11.9 Å². The van der Waals surface area contributed by atoms with E-state index in [0.717, 1.165) is 11.9 Å². The van der Waals surface area contributed by atoms with E-state index in [-0.39, 0.29) is 19.1 Å². The van der Waals surface area contributed by atoms with Crippen LogP contribution in [0.25, 0.3) is 0 Å². The SMILES string of the molecule is Cc1ncc2n1C(=O)N(N1CCN(C(=O)[C@H](NC(=O)Nc3ccc(Cl)cc3)C(C)(C)S(C)(=O)=O)CC1)C2. The summed E-state index contributed by atoms with van der Waals surface area (Å²) >= 11 is 5.88. The number of nitrogens with zero attached hydrogens (tertiary/aromatic N) is 5. The summed E-state index contributed by atoms with van der Waals surface area (Å²) < 4.78 is 25.2. The van der Waals surface area contributed by atoms with Crippen LogP contribution >= 0.6 is 11.6 Å². The van der Waals surface area contributed by atoms with Gasteiger partial charge in [-0.25, -0.2) is 32.6 Å². The predicted molar refractivity (Wildman–Crippen MR) is 138 cm³/mol. The molecule has 0 spiro atoms. The molecule has 3 heterocycles. The first-order valence-corrected chi connectivity index (χ1v) is 14.0. The molecule has 1 aromatic heterocycles. The van der Waals surface area contributed by atoms with Crippen molar-refractivity contribution in [2.24, 2.45) is 0 Å². The Bertz CT molecular complexity index is 1320. The fourth-order valence-corrected chi connectivity index (χ4v) is 5.05. The van der Waals surface area contributed by atoms with Gasteiger partial charge in [-0.15, -0.1) is 0 Å². The molecule has 0 bridgehead atoms. The molecule has 0 aliphatic carbocycles. The van der Waals surface area contributed by atoms with Crippen molar-refractivity contribution in [2.75, 3.05) is 37.8 Å². The van der Waals surface area contributed by atoms with Crippen molar-refractivity contribution in [1.29, 1.82) is 0 Å². The number of hydrogen-bond donors (Lipinski definition) is 2. The molecule has 4 rings (SSSR count). The molecule has 1 fully saturated rings. The Kier molecular flexibility index (Phi) is 7.23. The number of hydrogen-bond acceptors (Lipinski definition) is 7. The third kappa shape index (κ3) is 5.29. The summed E-state index contributed by atoms with van der Waals surface area (Å²) in [7, 11) is -3.75. The summed E-state index contributed by atoms with van der Waals surface area (Å²) in [4.78, 5) is 44.9. The maximum atomic E-state index is 13.6. The average molecular weight is 552 g/mol. The van der Waals surface area contributed by atoms with Crippen LogP contribution in [-0.4, -0.2) is 94.1 Å². The van der Waals surface area contributed by atoms with Gasteiger partial charge in [-0.3, -0.25) is 9.80 Å². The topological polar surface area (TPSA) is 137 Å². The highest BCUT2D eigenvalue weighted by atomic mass is 35.5. The highest BCUT2D eigenvalue weighted by Crippen LogP contribution is 2.25. The van der Waals surface area contributed by atoms with Crippen molar-refractivity contribution in [3.8, 4) is 0 Å². The Morgan fingerprint density at radius 3 is 2.30 bits per heavy atom. The number of halogens is 1. The van der Waals surface area contributed by atoms with Crippen LogP contribution < -0.4 is 10.6 Å². The number of hydrazine groups is 1. The summed E-state index contributed by atoms with van der Waals surface area (Å²) in [6.45, 7) is 6.24. The number of fused-ring (bicyclic) bond motifs is 1. The summed E-state index contributed by atoms with van der Waals surface area (Å²) in [6, 6.07) is 4.12. The van der Waals surface area contributed by atoms with Gasteiger partial charge in [0, 0.05) is 43.1 Å². The number of carbonyl (C=O) groups excluding carboxylic acids is 3. The minimum atomic E-state index is -3.75. The molecule has 0 radical (unpaired) electrons. The highest BCUT2D eigenvalue weighted by Gasteiger charge is 2.46. The van der Waals surface area contributed by atoms with E-state index in [2.05, 4.69) is 15.6 Å². The first-order chi connectivity index (χ1) is 17.3. The standard InChI is InChI=1S/C23H30ClN7O5S/c1-15-25-13-18-14-30(22(34)31(15)18)29-11-9-28(10-12-29)20(32)19(23(2,3)37(4,35)36)27-21(33)26-17-7-5-16(24)6-8-17/h5-8,13,19H,9-12,14H2,1-4H3,(H2,26,27,33)/t19-/m0/s1. The largest absolute Gasteiger partial charge is 0.344 e. The number of amides is 4. The van der Waals surface area contributed by atoms with Gasteiger partial charge in [-0.05, 0) is 45.0 Å². The van der Waals surface area contributed by atoms with E-state index in [1.165, 1.54) is 18.7 Å². The van der Waals surface area contributed by atoms with E-state index in [0.29, 0.717) is 36.2 Å². The maximum Gasteiger partial charge on any atom is 0.344 e. The predicted octanol–water partition coefficient (Wildman–Crippen LogP) is 1.70. The molecule has 1 saturated heterocycles. The Morgan fingerprint density at radius 1 is 1.11 bits per heavy atom. The van der Waals surface area contributed by atoms with Crippen molar-refractivity contribution >= 4 is 45.1 Å². The first kappa shape index (κ1) is 26.9. The van der Waals surface area contributed by atoms with Gasteiger partial charge in [-0.1, -0.05) is 11.6 Å². The number of urea groups is 1. The highest BCUT2D eigenvalue weighted by molar-refractivity contribution is 7.92. The summed E-state index contributed by atoms with van der Waals surface area (Å²) in [5.41, 5.74) is 1.23. The lowest BCUT2D eigenvalue weighted by Gasteiger charge is -2.41. The smallest absolute Gasteiger partial charge is 0.338 e. The molecule has 2 aliphatic rings. The van der Waals surface area contributed by atoms with Crippen LogP contribution in [0.3, 0.4) is 0 Å². The Hall–Kier alpha value is -3.16. The molecule has 1 atom stereocenters. The monoisotopic (exact) mass is 551 g/mol. The molecular formula is C23H30ClN7O5S. The third-order valence-electron chi connectivity index (χ3n) is 6.92. The number of benzene rings is 1. The molecule has 2 N–H and O–H groups in total. The van der Waals surface area contributed by atoms with E-state index in [4.69, 9.17) is 11.6 Å². The first-order valence-electron chi connectivity index (χ1n) is 11.7. The fourth-order valence-electron chi connectivity index (χ4n) is 4.34. The van der Waals surface area contributed by atoms with Crippen molar-refractivity contribution in [3.05, 3.63) is 47.0 Å². The maximum absolute atomic E-state index is 13.6. The Labute approximate surface area is 220 Å². The quantitative estimate of drug-likeness (QED) is 0.557. The molecule has 37 heavy (non-hydrogen) atoms. The number of rotatable bonds is 6. The average Bonchev–Trinajstić information content (AvgIpc) is 3.37. The molecule has 0 unspecified atom stereocenters. The normalized spacial score (nSPS) is 17.5. The van der Waals surface area contributed by atoms with Crippen LogP contribution in [0.2, 0.25) is 5.02 Å². The number of imidazole rings is 1. The molecular weight excluding hydrogens is 522 g/mol. The molecule has 1 aromatic carbocycles. The van der Waals surface area contributed by atoms with Crippen LogP contribution in [-0.2, 0) is 21.2 Å². The summed E-state index contributed by atoms with van der Waals surface area (Å²) in [6.07, 6.45) is 2.71. The van der Waals surface area contributed by atoms with Gasteiger partial charge in [0.15, 0.2) is 9.84 Å². The fraction of sp³-hybridized carbons (Fsp3) is 0.478. The van der Waals surface area contributed by atoms with Crippen LogP contribution in [0.1, 0.15) is 25.4 Å². The molecule has 12 nitrogen and oxygen atoms in total. The molecule has 14 heteroatoms. The molecule has 200 valence electrons. The second kappa shape index (κ2) is 9.95. The zero-order valence-corrected chi connectivity index (χ0v) is 22.6. The molecule has 2 aromatic rings. The van der Waals surface area contributed by atoms with Gasteiger partial charge in [0.2, 0.25) is 5.91 Å². The number of sulfone groups is 1. The van der Waals surface area contributed by atoms with Gasteiger partial charge < -0.3 is 15.5 Å². The van der Waals surface area contributed by atoms with Gasteiger partial charge in [0.05, 0.1) is 23.2 Å². The number of piperazine rings is 1. The summed E-state index contributed by atoms with van der Waals surface area (Å²) in [5, 5.41) is 9.17.